The van der Waals surface area contributed by atoms with E-state index < -0.39 is 0 Å². The van der Waals surface area contributed by atoms with E-state index in [0.29, 0.717) is 5.88 Å². The van der Waals surface area contributed by atoms with E-state index in [1.165, 1.54) is 0 Å². The second-order valence-electron chi connectivity index (χ2n) is 3.98. The topological polar surface area (TPSA) is 64.0 Å². The summed E-state index contributed by atoms with van der Waals surface area (Å²) in [6.07, 6.45) is 2.99. The SMILES string of the molecule is COc1ccc(N2C=Nc3occc3C2N)cc1. The summed E-state index contributed by atoms with van der Waals surface area (Å²) in [4.78, 5) is 6.11. The zero-order valence-electron chi connectivity index (χ0n) is 9.91. The molecule has 0 aliphatic carbocycles. The highest BCUT2D eigenvalue weighted by atomic mass is 16.5. The summed E-state index contributed by atoms with van der Waals surface area (Å²) >= 11 is 0. The third-order valence-corrected chi connectivity index (χ3v) is 2.96. The van der Waals surface area contributed by atoms with Crippen molar-refractivity contribution in [2.45, 2.75) is 6.17 Å². The minimum atomic E-state index is -0.287. The molecule has 3 rings (SSSR count). The van der Waals surface area contributed by atoms with Gasteiger partial charge in [0.25, 0.3) is 0 Å². The second-order valence-corrected chi connectivity index (χ2v) is 3.98. The van der Waals surface area contributed by atoms with Crippen molar-refractivity contribution < 1.29 is 9.15 Å². The van der Waals surface area contributed by atoms with Gasteiger partial charge in [-0.15, -0.1) is 0 Å². The Morgan fingerprint density at radius 2 is 2.06 bits per heavy atom. The Labute approximate surface area is 104 Å². The predicted octanol–water partition coefficient (Wildman–Crippen LogP) is 2.43. The first-order valence-electron chi connectivity index (χ1n) is 5.59. The number of anilines is 1. The zero-order valence-corrected chi connectivity index (χ0v) is 9.91. The Bertz CT molecular complexity index is 574. The molecule has 0 bridgehead atoms. The lowest BCUT2D eigenvalue weighted by Gasteiger charge is -2.28. The van der Waals surface area contributed by atoms with Crippen molar-refractivity contribution in [3.05, 3.63) is 42.2 Å². The van der Waals surface area contributed by atoms with Crippen LogP contribution in [0.15, 0.2) is 46.0 Å². The van der Waals surface area contributed by atoms with E-state index in [0.717, 1.165) is 17.0 Å². The smallest absolute Gasteiger partial charge is 0.226 e. The van der Waals surface area contributed by atoms with Crippen LogP contribution in [-0.4, -0.2) is 13.4 Å². The maximum atomic E-state index is 6.18. The molecule has 1 unspecified atom stereocenters. The third-order valence-electron chi connectivity index (χ3n) is 2.96. The lowest BCUT2D eigenvalue weighted by molar-refractivity contribution is 0.415. The molecule has 92 valence electrons. The first-order chi connectivity index (χ1) is 8.79. The molecule has 0 fully saturated rings. The van der Waals surface area contributed by atoms with Gasteiger partial charge in [0, 0.05) is 5.69 Å². The number of methoxy groups -OCH3 is 1. The molecule has 0 radical (unpaired) electrons. The van der Waals surface area contributed by atoms with Crippen molar-refractivity contribution in [1.82, 2.24) is 0 Å². The molecule has 1 aliphatic rings. The molecule has 1 aromatic heterocycles. The lowest BCUT2D eigenvalue weighted by Crippen LogP contribution is -2.35. The number of hydrogen-bond donors (Lipinski definition) is 1. The van der Waals surface area contributed by atoms with Crippen LogP contribution in [0.1, 0.15) is 11.7 Å². The molecule has 5 heteroatoms. The molecule has 2 aromatic rings. The Morgan fingerprint density at radius 3 is 2.78 bits per heavy atom. The fourth-order valence-corrected chi connectivity index (χ4v) is 1.96. The monoisotopic (exact) mass is 243 g/mol. The van der Waals surface area contributed by atoms with Gasteiger partial charge in [-0.1, -0.05) is 0 Å². The average Bonchev–Trinajstić information content (AvgIpc) is 2.89. The van der Waals surface area contributed by atoms with E-state index in [-0.39, 0.29) is 6.17 Å². The third kappa shape index (κ3) is 1.65. The summed E-state index contributed by atoms with van der Waals surface area (Å²) in [5, 5.41) is 0. The Hall–Kier alpha value is -2.27. The first kappa shape index (κ1) is 10.9. The van der Waals surface area contributed by atoms with Crippen LogP contribution < -0.4 is 15.4 Å². The molecule has 2 N–H and O–H groups in total. The van der Waals surface area contributed by atoms with Gasteiger partial charge in [0.1, 0.15) is 18.3 Å². The van der Waals surface area contributed by atoms with Crippen molar-refractivity contribution in [3.63, 3.8) is 0 Å². The normalized spacial score (nSPS) is 17.7. The lowest BCUT2D eigenvalue weighted by atomic mass is 10.2. The van der Waals surface area contributed by atoms with Gasteiger partial charge in [-0.2, -0.15) is 0 Å². The summed E-state index contributed by atoms with van der Waals surface area (Å²) in [5.41, 5.74) is 8.02. The standard InChI is InChI=1S/C13H13N3O2/c1-17-10-4-2-9(3-5-10)16-8-15-13-11(12(16)14)6-7-18-13/h2-8,12H,14H2,1H3. The van der Waals surface area contributed by atoms with Crippen LogP contribution in [0.25, 0.3) is 0 Å². The Kier molecular flexibility index (Phi) is 2.53. The molecule has 1 atom stereocenters. The number of ether oxygens (including phenoxy) is 1. The molecule has 1 aliphatic heterocycles. The number of nitrogens with zero attached hydrogens (tertiary/aromatic N) is 2. The predicted molar refractivity (Wildman–Crippen MR) is 69.3 cm³/mol. The summed E-state index contributed by atoms with van der Waals surface area (Å²) < 4.78 is 10.4. The molecule has 0 spiro atoms. The van der Waals surface area contributed by atoms with E-state index in [2.05, 4.69) is 4.99 Å². The number of benzene rings is 1. The largest absolute Gasteiger partial charge is 0.497 e. The highest BCUT2D eigenvalue weighted by molar-refractivity contribution is 5.84. The molecule has 2 heterocycles. The van der Waals surface area contributed by atoms with Gasteiger partial charge in [0.2, 0.25) is 5.88 Å². The summed E-state index contributed by atoms with van der Waals surface area (Å²) in [6, 6.07) is 9.50. The summed E-state index contributed by atoms with van der Waals surface area (Å²) in [7, 11) is 1.64. The average molecular weight is 243 g/mol. The van der Waals surface area contributed by atoms with E-state index in [9.17, 15) is 0 Å². The van der Waals surface area contributed by atoms with Crippen LogP contribution in [-0.2, 0) is 0 Å². The molecule has 0 saturated carbocycles. The molecule has 18 heavy (non-hydrogen) atoms. The van der Waals surface area contributed by atoms with Gasteiger partial charge in [-0.25, -0.2) is 4.99 Å². The van der Waals surface area contributed by atoms with Gasteiger partial charge in [0.05, 0.1) is 18.9 Å². The molecular weight excluding hydrogens is 230 g/mol. The van der Waals surface area contributed by atoms with E-state index in [1.54, 1.807) is 19.7 Å². The molecule has 5 nitrogen and oxygen atoms in total. The van der Waals surface area contributed by atoms with Crippen molar-refractivity contribution in [1.29, 1.82) is 0 Å². The minimum absolute atomic E-state index is 0.287. The van der Waals surface area contributed by atoms with Crippen LogP contribution in [0.4, 0.5) is 11.6 Å². The van der Waals surface area contributed by atoms with Gasteiger partial charge in [-0.3, -0.25) is 0 Å². The summed E-state index contributed by atoms with van der Waals surface area (Å²) in [5.74, 6) is 1.39. The molecule has 1 aromatic carbocycles. The van der Waals surface area contributed by atoms with Crippen LogP contribution in [0.2, 0.25) is 0 Å². The molecular formula is C13H13N3O2. The number of aliphatic imine (C=N–C) groups is 1. The van der Waals surface area contributed by atoms with Crippen LogP contribution >= 0.6 is 0 Å². The Morgan fingerprint density at radius 1 is 1.28 bits per heavy atom. The maximum Gasteiger partial charge on any atom is 0.226 e. The van der Waals surface area contributed by atoms with Crippen molar-refractivity contribution in [2.24, 2.45) is 10.7 Å². The van der Waals surface area contributed by atoms with Crippen molar-refractivity contribution in [3.8, 4) is 5.75 Å². The maximum absolute atomic E-state index is 6.18. The number of rotatable bonds is 2. The van der Waals surface area contributed by atoms with Gasteiger partial charge >= 0.3 is 0 Å². The van der Waals surface area contributed by atoms with Crippen LogP contribution in [0, 0.1) is 0 Å². The highest BCUT2D eigenvalue weighted by Gasteiger charge is 2.24. The fourth-order valence-electron chi connectivity index (χ4n) is 1.96. The van der Waals surface area contributed by atoms with Crippen LogP contribution in [0.3, 0.4) is 0 Å². The Balaban J connectivity index is 1.93. The number of hydrogen-bond acceptors (Lipinski definition) is 5. The van der Waals surface area contributed by atoms with Crippen molar-refractivity contribution >= 4 is 17.9 Å². The zero-order chi connectivity index (χ0) is 12.5. The number of furan rings is 1. The minimum Gasteiger partial charge on any atom is -0.497 e. The van der Waals surface area contributed by atoms with E-state index in [1.807, 2.05) is 35.2 Å². The van der Waals surface area contributed by atoms with Gasteiger partial charge in [0.15, 0.2) is 0 Å². The molecule has 0 amide bonds. The van der Waals surface area contributed by atoms with Gasteiger partial charge in [-0.05, 0) is 30.3 Å². The van der Waals surface area contributed by atoms with Crippen molar-refractivity contribution in [2.75, 3.05) is 12.0 Å². The quantitative estimate of drug-likeness (QED) is 0.879. The van der Waals surface area contributed by atoms with E-state index >= 15 is 0 Å². The highest BCUT2D eigenvalue weighted by Crippen LogP contribution is 2.33. The van der Waals surface area contributed by atoms with E-state index in [4.69, 9.17) is 14.9 Å². The van der Waals surface area contributed by atoms with Gasteiger partial charge < -0.3 is 19.8 Å². The fraction of sp³-hybridized carbons (Fsp3) is 0.154. The second kappa shape index (κ2) is 4.19. The molecule has 0 saturated heterocycles. The number of fused-ring (bicyclic) bond motifs is 1. The first-order valence-corrected chi connectivity index (χ1v) is 5.59. The van der Waals surface area contributed by atoms with Crippen LogP contribution in [0.5, 0.6) is 5.75 Å². The summed E-state index contributed by atoms with van der Waals surface area (Å²) in [6.45, 7) is 0. The number of nitrogens with two attached hydrogens (primary N) is 1.